The summed E-state index contributed by atoms with van der Waals surface area (Å²) in [7, 11) is -3.62. The van der Waals surface area contributed by atoms with Crippen molar-refractivity contribution in [1.82, 2.24) is 4.98 Å². The van der Waals surface area contributed by atoms with E-state index < -0.39 is 10.0 Å². The van der Waals surface area contributed by atoms with Crippen LogP contribution in [-0.4, -0.2) is 25.1 Å². The number of anilines is 2. The first-order valence-corrected chi connectivity index (χ1v) is 11.3. The van der Waals surface area contributed by atoms with E-state index in [4.69, 9.17) is 0 Å². The summed E-state index contributed by atoms with van der Waals surface area (Å²) >= 11 is 2.72. The number of sulfonamides is 1. The maximum Gasteiger partial charge on any atom is 0.261 e. The Hall–Kier alpha value is -2.36. The molecule has 0 fully saturated rings. The Labute approximate surface area is 166 Å². The third kappa shape index (κ3) is 5.56. The van der Waals surface area contributed by atoms with Crippen molar-refractivity contribution in [3.05, 3.63) is 65.7 Å². The summed E-state index contributed by atoms with van der Waals surface area (Å²) in [6.07, 6.45) is 1.63. The molecule has 2 aromatic carbocycles. The predicted octanol–water partition coefficient (Wildman–Crippen LogP) is 3.98. The molecule has 6 nitrogen and oxygen atoms in total. The lowest BCUT2D eigenvalue weighted by molar-refractivity contribution is -0.113. The molecule has 0 unspecified atom stereocenters. The van der Waals surface area contributed by atoms with Crippen LogP contribution >= 0.6 is 23.1 Å². The zero-order valence-corrected chi connectivity index (χ0v) is 16.8. The minimum atomic E-state index is -3.62. The van der Waals surface area contributed by atoms with Gasteiger partial charge in [0.25, 0.3) is 10.0 Å². The Kier molecular flexibility index (Phi) is 6.15. The van der Waals surface area contributed by atoms with Gasteiger partial charge in [-0.15, -0.1) is 23.1 Å². The Balaban J connectivity index is 1.56. The van der Waals surface area contributed by atoms with Gasteiger partial charge < -0.3 is 5.32 Å². The van der Waals surface area contributed by atoms with Gasteiger partial charge in [-0.2, -0.15) is 0 Å². The molecule has 9 heteroatoms. The number of nitrogens with zero attached hydrogens (tertiary/aromatic N) is 1. The minimum Gasteiger partial charge on any atom is -0.301 e. The number of carbonyl (C=O) groups excluding carboxylic acids is 1. The van der Waals surface area contributed by atoms with Crippen LogP contribution in [0.15, 0.2) is 69.9 Å². The average molecular weight is 420 g/mol. The standard InChI is InChI=1S/C18H17N3O3S3/c1-13-2-8-16(9-3-13)27(23,24)21-14-4-6-15(7-5-14)26-12-17(22)20-18-19-10-11-25-18/h2-11,21H,12H2,1H3,(H,19,20,22). The molecule has 1 amide bonds. The number of amides is 1. The van der Waals surface area contributed by atoms with E-state index in [1.165, 1.54) is 23.1 Å². The second-order valence-electron chi connectivity index (χ2n) is 5.62. The maximum atomic E-state index is 12.4. The second-order valence-corrected chi connectivity index (χ2v) is 9.24. The third-order valence-electron chi connectivity index (χ3n) is 3.49. The summed E-state index contributed by atoms with van der Waals surface area (Å²) in [6, 6.07) is 13.5. The fraction of sp³-hybridized carbons (Fsp3) is 0.111. The highest BCUT2D eigenvalue weighted by atomic mass is 32.2. The number of benzene rings is 2. The van der Waals surface area contributed by atoms with Crippen molar-refractivity contribution in [1.29, 1.82) is 0 Å². The van der Waals surface area contributed by atoms with Crippen LogP contribution in [-0.2, 0) is 14.8 Å². The molecule has 1 heterocycles. The van der Waals surface area contributed by atoms with E-state index in [1.807, 2.05) is 6.92 Å². The molecular weight excluding hydrogens is 402 g/mol. The van der Waals surface area contributed by atoms with E-state index >= 15 is 0 Å². The van der Waals surface area contributed by atoms with Crippen LogP contribution < -0.4 is 10.0 Å². The fourth-order valence-electron chi connectivity index (χ4n) is 2.14. The van der Waals surface area contributed by atoms with Crippen LogP contribution in [0.5, 0.6) is 0 Å². The predicted molar refractivity (Wildman–Crippen MR) is 110 cm³/mol. The molecule has 1 aromatic heterocycles. The maximum absolute atomic E-state index is 12.4. The molecule has 3 rings (SSSR count). The van der Waals surface area contributed by atoms with Crippen molar-refractivity contribution < 1.29 is 13.2 Å². The van der Waals surface area contributed by atoms with Gasteiger partial charge in [0.1, 0.15) is 0 Å². The van der Waals surface area contributed by atoms with Gasteiger partial charge in [-0.25, -0.2) is 13.4 Å². The lowest BCUT2D eigenvalue weighted by Gasteiger charge is -2.09. The molecule has 0 radical (unpaired) electrons. The minimum absolute atomic E-state index is 0.140. The van der Waals surface area contributed by atoms with Crippen LogP contribution in [0.2, 0.25) is 0 Å². The van der Waals surface area contributed by atoms with Gasteiger partial charge in [0.2, 0.25) is 5.91 Å². The summed E-state index contributed by atoms with van der Waals surface area (Å²) in [5, 5.41) is 5.07. The normalized spacial score (nSPS) is 11.1. The highest BCUT2D eigenvalue weighted by Crippen LogP contribution is 2.23. The van der Waals surface area contributed by atoms with E-state index in [1.54, 1.807) is 60.1 Å². The topological polar surface area (TPSA) is 88.2 Å². The van der Waals surface area contributed by atoms with E-state index in [0.29, 0.717) is 10.8 Å². The van der Waals surface area contributed by atoms with Gasteiger partial charge >= 0.3 is 0 Å². The smallest absolute Gasteiger partial charge is 0.261 e. The number of aromatic nitrogens is 1. The summed E-state index contributed by atoms with van der Waals surface area (Å²) in [4.78, 5) is 16.9. The van der Waals surface area contributed by atoms with Crippen LogP contribution in [0.1, 0.15) is 5.56 Å². The molecule has 27 heavy (non-hydrogen) atoms. The molecule has 0 aliphatic rings. The monoisotopic (exact) mass is 419 g/mol. The second kappa shape index (κ2) is 8.55. The molecule has 3 aromatic rings. The van der Waals surface area contributed by atoms with Crippen LogP contribution in [0, 0.1) is 6.92 Å². The lowest BCUT2D eigenvalue weighted by Crippen LogP contribution is -2.13. The zero-order valence-electron chi connectivity index (χ0n) is 14.4. The quantitative estimate of drug-likeness (QED) is 0.566. The molecule has 0 saturated heterocycles. The lowest BCUT2D eigenvalue weighted by atomic mass is 10.2. The van der Waals surface area contributed by atoms with Crippen LogP contribution in [0.25, 0.3) is 0 Å². The van der Waals surface area contributed by atoms with E-state index in [-0.39, 0.29) is 16.6 Å². The zero-order chi connectivity index (χ0) is 19.3. The van der Waals surface area contributed by atoms with Gasteiger partial charge in [0.15, 0.2) is 5.13 Å². The summed E-state index contributed by atoms with van der Waals surface area (Å²) in [5.74, 6) is 0.104. The van der Waals surface area contributed by atoms with Crippen molar-refractivity contribution in [2.24, 2.45) is 0 Å². The molecule has 0 spiro atoms. The average Bonchev–Trinajstić information content (AvgIpc) is 3.14. The number of thiazole rings is 1. The van der Waals surface area contributed by atoms with Crippen molar-refractivity contribution in [2.75, 3.05) is 15.8 Å². The van der Waals surface area contributed by atoms with E-state index in [9.17, 15) is 13.2 Å². The molecule has 0 saturated carbocycles. The molecular formula is C18H17N3O3S3. The first kappa shape index (κ1) is 19.4. The molecule has 0 bridgehead atoms. The molecule has 0 aliphatic heterocycles. The largest absolute Gasteiger partial charge is 0.301 e. The highest BCUT2D eigenvalue weighted by Gasteiger charge is 2.13. The molecule has 0 aliphatic carbocycles. The van der Waals surface area contributed by atoms with Gasteiger partial charge in [-0.3, -0.25) is 9.52 Å². The number of rotatable bonds is 7. The summed E-state index contributed by atoms with van der Waals surface area (Å²) < 4.78 is 27.3. The first-order chi connectivity index (χ1) is 12.9. The Morgan fingerprint density at radius 1 is 1.11 bits per heavy atom. The van der Waals surface area contributed by atoms with Gasteiger partial charge in [-0.05, 0) is 43.3 Å². The number of hydrogen-bond acceptors (Lipinski definition) is 6. The van der Waals surface area contributed by atoms with E-state index in [2.05, 4.69) is 15.0 Å². The van der Waals surface area contributed by atoms with Gasteiger partial charge in [0.05, 0.1) is 10.6 Å². The van der Waals surface area contributed by atoms with E-state index in [0.717, 1.165) is 10.5 Å². The summed E-state index contributed by atoms with van der Waals surface area (Å²) in [5.41, 5.74) is 1.46. The Bertz CT molecular complexity index is 1000. The Morgan fingerprint density at radius 2 is 1.81 bits per heavy atom. The number of nitrogens with one attached hydrogen (secondary N) is 2. The summed E-state index contributed by atoms with van der Waals surface area (Å²) in [6.45, 7) is 1.90. The number of thioether (sulfide) groups is 1. The first-order valence-electron chi connectivity index (χ1n) is 7.94. The molecule has 0 atom stereocenters. The van der Waals surface area contributed by atoms with Crippen molar-refractivity contribution in [3.8, 4) is 0 Å². The van der Waals surface area contributed by atoms with Crippen LogP contribution in [0.4, 0.5) is 10.8 Å². The number of aryl methyl sites for hydroxylation is 1. The van der Waals surface area contributed by atoms with Crippen molar-refractivity contribution >= 4 is 49.8 Å². The number of carbonyl (C=O) groups is 1. The van der Waals surface area contributed by atoms with Crippen molar-refractivity contribution in [2.45, 2.75) is 16.7 Å². The Morgan fingerprint density at radius 3 is 2.44 bits per heavy atom. The fourth-order valence-corrected chi connectivity index (χ4v) is 4.44. The van der Waals surface area contributed by atoms with Crippen LogP contribution in [0.3, 0.4) is 0 Å². The molecule has 2 N–H and O–H groups in total. The number of hydrogen-bond donors (Lipinski definition) is 2. The van der Waals surface area contributed by atoms with Gasteiger partial charge in [-0.1, -0.05) is 17.7 Å². The van der Waals surface area contributed by atoms with Crippen molar-refractivity contribution in [3.63, 3.8) is 0 Å². The highest BCUT2D eigenvalue weighted by molar-refractivity contribution is 8.00. The molecule has 140 valence electrons. The van der Waals surface area contributed by atoms with Gasteiger partial charge in [0, 0.05) is 22.2 Å². The SMILES string of the molecule is Cc1ccc(S(=O)(=O)Nc2ccc(SCC(=O)Nc3nccs3)cc2)cc1. The third-order valence-corrected chi connectivity index (χ3v) is 6.58.